The fraction of sp³-hybridized carbons (Fsp3) is 0.455. The van der Waals surface area contributed by atoms with Crippen molar-refractivity contribution in [2.75, 3.05) is 26.9 Å². The van der Waals surface area contributed by atoms with Gasteiger partial charge in [0.25, 0.3) is 5.91 Å². The van der Waals surface area contributed by atoms with Gasteiger partial charge in [0.1, 0.15) is 10.6 Å². The van der Waals surface area contributed by atoms with Crippen LogP contribution in [0.3, 0.4) is 0 Å². The summed E-state index contributed by atoms with van der Waals surface area (Å²) in [5.74, 6) is -0.906. The maximum atomic E-state index is 12.3. The van der Waals surface area contributed by atoms with Crippen molar-refractivity contribution in [1.29, 1.82) is 0 Å². The first-order chi connectivity index (χ1) is 8.65. The van der Waals surface area contributed by atoms with Gasteiger partial charge >= 0.3 is 5.97 Å². The Morgan fingerprint density at radius 1 is 1.61 bits per heavy atom. The van der Waals surface area contributed by atoms with Crippen LogP contribution in [0.4, 0.5) is 0 Å². The lowest BCUT2D eigenvalue weighted by atomic mass is 10.2. The van der Waals surface area contributed by atoms with Crippen LogP contribution in [0.15, 0.2) is 11.4 Å². The molecule has 0 bridgehead atoms. The van der Waals surface area contributed by atoms with Crippen LogP contribution in [-0.2, 0) is 9.53 Å². The van der Waals surface area contributed by atoms with Crippen LogP contribution in [0.2, 0.25) is 0 Å². The Kier molecular flexibility index (Phi) is 3.83. The zero-order chi connectivity index (χ0) is 13.1. The highest BCUT2D eigenvalue weighted by Gasteiger charge is 2.34. The summed E-state index contributed by atoms with van der Waals surface area (Å²) < 4.78 is 10.2. The summed E-state index contributed by atoms with van der Waals surface area (Å²) >= 11 is 1.24. The van der Waals surface area contributed by atoms with E-state index in [4.69, 9.17) is 14.6 Å². The van der Waals surface area contributed by atoms with Gasteiger partial charge in [-0.1, -0.05) is 0 Å². The molecular formula is C11H13NO5S. The fourth-order valence-corrected chi connectivity index (χ4v) is 2.61. The summed E-state index contributed by atoms with van der Waals surface area (Å²) in [7, 11) is 1.48. The molecule has 7 heteroatoms. The molecule has 0 aromatic carbocycles. The molecule has 18 heavy (non-hydrogen) atoms. The number of ether oxygens (including phenoxy) is 2. The molecule has 1 aromatic rings. The van der Waals surface area contributed by atoms with E-state index in [1.807, 2.05) is 0 Å². The summed E-state index contributed by atoms with van der Waals surface area (Å²) in [6.07, 6.45) is 0. The molecule has 1 N–H and O–H groups in total. The number of hydrogen-bond donors (Lipinski definition) is 1. The number of carboxylic acid groups (broad SMARTS) is 1. The second-order valence-corrected chi connectivity index (χ2v) is 4.66. The van der Waals surface area contributed by atoms with E-state index in [-0.39, 0.29) is 19.1 Å². The van der Waals surface area contributed by atoms with Crippen LogP contribution in [0.25, 0.3) is 0 Å². The lowest BCUT2D eigenvalue weighted by molar-refractivity contribution is -0.147. The Hall–Kier alpha value is -1.60. The first kappa shape index (κ1) is 12.8. The molecule has 1 aliphatic rings. The van der Waals surface area contributed by atoms with Gasteiger partial charge in [-0.2, -0.15) is 0 Å². The molecule has 98 valence electrons. The molecule has 2 heterocycles. The molecule has 1 unspecified atom stereocenters. The summed E-state index contributed by atoms with van der Waals surface area (Å²) in [4.78, 5) is 25.1. The standard InChI is InChI=1S/C11H13NO5S/c1-16-8-2-5-18-9(8)10(13)12-3-4-17-6-7(12)11(14)15/h2,5,7H,3-4,6H2,1H3,(H,14,15). The van der Waals surface area contributed by atoms with Crippen LogP contribution in [0.1, 0.15) is 9.67 Å². The average Bonchev–Trinajstić information content (AvgIpc) is 2.86. The van der Waals surface area contributed by atoms with Gasteiger partial charge in [0, 0.05) is 6.54 Å². The van der Waals surface area contributed by atoms with Gasteiger partial charge in [0.05, 0.1) is 20.3 Å². The van der Waals surface area contributed by atoms with Crippen LogP contribution in [0.5, 0.6) is 5.75 Å². The lowest BCUT2D eigenvalue weighted by Crippen LogP contribution is -2.52. The lowest BCUT2D eigenvalue weighted by Gasteiger charge is -2.32. The van der Waals surface area contributed by atoms with E-state index in [9.17, 15) is 9.59 Å². The number of aliphatic carboxylic acids is 1. The smallest absolute Gasteiger partial charge is 0.328 e. The van der Waals surface area contributed by atoms with E-state index in [0.717, 1.165) is 0 Å². The molecule has 0 aliphatic carbocycles. The molecule has 1 fully saturated rings. The number of carboxylic acids is 1. The van der Waals surface area contributed by atoms with E-state index < -0.39 is 12.0 Å². The monoisotopic (exact) mass is 271 g/mol. The van der Waals surface area contributed by atoms with E-state index in [1.54, 1.807) is 11.4 Å². The van der Waals surface area contributed by atoms with E-state index in [2.05, 4.69) is 0 Å². The van der Waals surface area contributed by atoms with Crippen LogP contribution in [0, 0.1) is 0 Å². The van der Waals surface area contributed by atoms with Crippen molar-refractivity contribution in [1.82, 2.24) is 4.90 Å². The first-order valence-electron chi connectivity index (χ1n) is 5.38. The number of rotatable bonds is 3. The maximum Gasteiger partial charge on any atom is 0.328 e. The summed E-state index contributed by atoms with van der Waals surface area (Å²) in [5.41, 5.74) is 0. The highest BCUT2D eigenvalue weighted by molar-refractivity contribution is 7.12. The predicted octanol–water partition coefficient (Wildman–Crippen LogP) is 0.682. The molecule has 0 spiro atoms. The summed E-state index contributed by atoms with van der Waals surface area (Å²) in [5, 5.41) is 10.8. The molecule has 1 amide bonds. The van der Waals surface area contributed by atoms with Crippen LogP contribution >= 0.6 is 11.3 Å². The van der Waals surface area contributed by atoms with Crippen molar-refractivity contribution >= 4 is 23.2 Å². The van der Waals surface area contributed by atoms with Crippen molar-refractivity contribution in [2.45, 2.75) is 6.04 Å². The van der Waals surface area contributed by atoms with Gasteiger partial charge in [0.15, 0.2) is 6.04 Å². The molecular weight excluding hydrogens is 258 g/mol. The quantitative estimate of drug-likeness (QED) is 0.875. The highest BCUT2D eigenvalue weighted by Crippen LogP contribution is 2.27. The second-order valence-electron chi connectivity index (χ2n) is 3.75. The van der Waals surface area contributed by atoms with Gasteiger partial charge in [-0.3, -0.25) is 4.79 Å². The number of morpholine rings is 1. The third-order valence-corrected chi connectivity index (χ3v) is 3.60. The molecule has 1 aliphatic heterocycles. The Balaban J connectivity index is 2.23. The summed E-state index contributed by atoms with van der Waals surface area (Å²) in [6.45, 7) is 0.648. The molecule has 0 radical (unpaired) electrons. The molecule has 1 aromatic heterocycles. The van der Waals surface area contributed by atoms with Crippen LogP contribution in [-0.4, -0.2) is 54.8 Å². The van der Waals surface area contributed by atoms with Crippen molar-refractivity contribution in [3.63, 3.8) is 0 Å². The Bertz CT molecular complexity index is 458. The van der Waals surface area contributed by atoms with Crippen molar-refractivity contribution in [3.05, 3.63) is 16.3 Å². The highest BCUT2D eigenvalue weighted by atomic mass is 32.1. The minimum absolute atomic E-state index is 0.0226. The third kappa shape index (κ3) is 2.32. The Labute approximate surface area is 108 Å². The van der Waals surface area contributed by atoms with E-state index >= 15 is 0 Å². The van der Waals surface area contributed by atoms with Crippen molar-refractivity contribution < 1.29 is 24.2 Å². The number of nitrogens with zero attached hydrogens (tertiary/aromatic N) is 1. The maximum absolute atomic E-state index is 12.3. The van der Waals surface area contributed by atoms with E-state index in [1.165, 1.54) is 23.3 Å². The predicted molar refractivity (Wildman–Crippen MR) is 64.2 cm³/mol. The van der Waals surface area contributed by atoms with Crippen molar-refractivity contribution in [2.24, 2.45) is 0 Å². The minimum atomic E-state index is -1.06. The number of hydrogen-bond acceptors (Lipinski definition) is 5. The number of thiophene rings is 1. The largest absolute Gasteiger partial charge is 0.495 e. The number of amides is 1. The normalized spacial score (nSPS) is 19.6. The zero-order valence-electron chi connectivity index (χ0n) is 9.79. The average molecular weight is 271 g/mol. The van der Waals surface area contributed by atoms with Crippen LogP contribution < -0.4 is 4.74 Å². The third-order valence-electron chi connectivity index (χ3n) is 2.72. The zero-order valence-corrected chi connectivity index (χ0v) is 10.6. The molecule has 1 atom stereocenters. The van der Waals surface area contributed by atoms with E-state index in [0.29, 0.717) is 17.2 Å². The Morgan fingerprint density at radius 3 is 3.06 bits per heavy atom. The van der Waals surface area contributed by atoms with Crippen molar-refractivity contribution in [3.8, 4) is 5.75 Å². The SMILES string of the molecule is COc1ccsc1C(=O)N1CCOCC1C(=O)O. The van der Waals surface area contributed by atoms with Gasteiger partial charge in [0.2, 0.25) is 0 Å². The van der Waals surface area contributed by atoms with Gasteiger partial charge in [-0.25, -0.2) is 4.79 Å². The topological polar surface area (TPSA) is 76.1 Å². The number of methoxy groups -OCH3 is 1. The molecule has 6 nitrogen and oxygen atoms in total. The number of carbonyl (C=O) groups excluding carboxylic acids is 1. The first-order valence-corrected chi connectivity index (χ1v) is 6.26. The summed E-state index contributed by atoms with van der Waals surface area (Å²) in [6, 6.07) is 0.756. The fourth-order valence-electron chi connectivity index (χ4n) is 1.80. The Morgan fingerprint density at radius 2 is 2.39 bits per heavy atom. The molecule has 0 saturated carbocycles. The number of carbonyl (C=O) groups is 2. The van der Waals surface area contributed by atoms with Gasteiger partial charge in [-0.05, 0) is 11.4 Å². The molecule has 1 saturated heterocycles. The van der Waals surface area contributed by atoms with Gasteiger partial charge in [-0.15, -0.1) is 11.3 Å². The minimum Gasteiger partial charge on any atom is -0.495 e. The van der Waals surface area contributed by atoms with Gasteiger partial charge < -0.3 is 19.5 Å². The second kappa shape index (κ2) is 5.36. The molecule has 2 rings (SSSR count).